The van der Waals surface area contributed by atoms with Gasteiger partial charge >= 0.3 is 12.2 Å². The fourth-order valence-corrected chi connectivity index (χ4v) is 4.92. The molecule has 1 saturated carbocycles. The molecular formula is C26H52N6O6. The van der Waals surface area contributed by atoms with Crippen molar-refractivity contribution in [3.63, 3.8) is 0 Å². The summed E-state index contributed by atoms with van der Waals surface area (Å²) in [6.45, 7) is 5.46. The Morgan fingerprint density at radius 1 is 0.763 bits per heavy atom. The van der Waals surface area contributed by atoms with Crippen LogP contribution in [0.1, 0.15) is 84.5 Å². The quantitative estimate of drug-likeness (QED) is 0.164. The molecule has 2 amide bonds. The van der Waals surface area contributed by atoms with E-state index in [9.17, 15) is 9.59 Å². The Bertz CT molecular complexity index is 689. The highest BCUT2D eigenvalue weighted by atomic mass is 16.7. The van der Waals surface area contributed by atoms with E-state index < -0.39 is 48.9 Å². The molecule has 2 fully saturated rings. The molecule has 2 aliphatic rings. The molecule has 0 aromatic heterocycles. The van der Waals surface area contributed by atoms with Crippen molar-refractivity contribution >= 4 is 12.2 Å². The number of carbonyl (C=O) groups is 2. The number of alkyl carbamates (subject to hydrolysis) is 2. The smallest absolute Gasteiger partial charge is 0.407 e. The largest absolute Gasteiger partial charge is 0.441 e. The first-order valence-corrected chi connectivity index (χ1v) is 14.5. The van der Waals surface area contributed by atoms with E-state index in [1.165, 1.54) is 0 Å². The van der Waals surface area contributed by atoms with Crippen LogP contribution in [-0.2, 0) is 18.9 Å². The number of ether oxygens (including phenoxy) is 4. The Balaban J connectivity index is 2.09. The van der Waals surface area contributed by atoms with E-state index in [-0.39, 0.29) is 18.7 Å². The van der Waals surface area contributed by atoms with Crippen molar-refractivity contribution in [3.8, 4) is 0 Å². The van der Waals surface area contributed by atoms with Gasteiger partial charge in [-0.2, -0.15) is 0 Å². The van der Waals surface area contributed by atoms with E-state index in [4.69, 9.17) is 41.9 Å². The molecule has 222 valence electrons. The molecule has 1 aliphatic heterocycles. The van der Waals surface area contributed by atoms with Crippen LogP contribution < -0.4 is 33.6 Å². The Morgan fingerprint density at radius 2 is 1.32 bits per heavy atom. The van der Waals surface area contributed by atoms with Crippen LogP contribution in [0.25, 0.3) is 0 Å². The normalized spacial score (nSPS) is 31.4. The molecule has 0 aromatic carbocycles. The van der Waals surface area contributed by atoms with Crippen LogP contribution >= 0.6 is 0 Å². The van der Waals surface area contributed by atoms with E-state index in [0.717, 1.165) is 51.4 Å². The van der Waals surface area contributed by atoms with Crippen molar-refractivity contribution in [2.75, 3.05) is 19.6 Å². The van der Waals surface area contributed by atoms with Crippen LogP contribution in [0.5, 0.6) is 0 Å². The maximum atomic E-state index is 12.7. The van der Waals surface area contributed by atoms with Crippen LogP contribution in [0, 0.1) is 0 Å². The molecule has 0 spiro atoms. The molecule has 1 aliphatic carbocycles. The van der Waals surface area contributed by atoms with Crippen molar-refractivity contribution in [1.29, 1.82) is 0 Å². The second-order valence-electron chi connectivity index (χ2n) is 10.5. The average molecular weight is 545 g/mol. The lowest BCUT2D eigenvalue weighted by Crippen LogP contribution is -2.65. The Morgan fingerprint density at radius 3 is 1.87 bits per heavy atom. The van der Waals surface area contributed by atoms with Gasteiger partial charge in [-0.1, -0.05) is 52.4 Å². The SMILES string of the molecule is CCCCCCNC(=O)O[C@@H]1[C@@H](OC(=O)NCCCCCC)[C@H](N)C[C@H](N)[C@H]1O[C@@H]1CC[C@H](N)[C@@H](CN)O1. The molecule has 1 heterocycles. The molecule has 0 aromatic rings. The highest BCUT2D eigenvalue weighted by Crippen LogP contribution is 2.30. The summed E-state index contributed by atoms with van der Waals surface area (Å²) in [6.07, 6.45) is 4.60. The molecule has 0 unspecified atom stereocenters. The summed E-state index contributed by atoms with van der Waals surface area (Å²) >= 11 is 0. The highest BCUT2D eigenvalue weighted by molar-refractivity contribution is 5.68. The van der Waals surface area contributed by atoms with Crippen LogP contribution in [-0.4, -0.2) is 80.7 Å². The molecule has 1 saturated heterocycles. The maximum absolute atomic E-state index is 12.7. The second-order valence-corrected chi connectivity index (χ2v) is 10.5. The monoisotopic (exact) mass is 544 g/mol. The van der Waals surface area contributed by atoms with Crippen molar-refractivity contribution in [1.82, 2.24) is 10.6 Å². The molecule has 12 nitrogen and oxygen atoms in total. The zero-order valence-electron chi connectivity index (χ0n) is 23.3. The lowest BCUT2D eigenvalue weighted by Gasteiger charge is -2.45. The number of unbranched alkanes of at least 4 members (excludes halogenated alkanes) is 6. The van der Waals surface area contributed by atoms with Gasteiger partial charge in [0.25, 0.3) is 0 Å². The summed E-state index contributed by atoms with van der Waals surface area (Å²) in [6, 6.07) is -1.40. The van der Waals surface area contributed by atoms with Gasteiger partial charge in [0.05, 0.1) is 6.10 Å². The second kappa shape index (κ2) is 17.8. The lowest BCUT2D eigenvalue weighted by atomic mass is 9.84. The van der Waals surface area contributed by atoms with Gasteiger partial charge in [-0.15, -0.1) is 0 Å². The van der Waals surface area contributed by atoms with Gasteiger partial charge in [0.2, 0.25) is 0 Å². The molecule has 0 radical (unpaired) electrons. The fourth-order valence-electron chi connectivity index (χ4n) is 4.92. The Kier molecular flexibility index (Phi) is 15.2. The lowest BCUT2D eigenvalue weighted by molar-refractivity contribution is -0.248. The predicted octanol–water partition coefficient (Wildman–Crippen LogP) is 1.57. The summed E-state index contributed by atoms with van der Waals surface area (Å²) < 4.78 is 23.7. The molecule has 2 rings (SSSR count). The number of rotatable bonds is 15. The van der Waals surface area contributed by atoms with E-state index in [1.807, 2.05) is 0 Å². The van der Waals surface area contributed by atoms with E-state index in [0.29, 0.717) is 32.4 Å². The van der Waals surface area contributed by atoms with Gasteiger partial charge in [0, 0.05) is 37.8 Å². The van der Waals surface area contributed by atoms with Crippen molar-refractivity contribution < 1.29 is 28.5 Å². The minimum absolute atomic E-state index is 0.184. The van der Waals surface area contributed by atoms with Crippen LogP contribution in [0.2, 0.25) is 0 Å². The summed E-state index contributed by atoms with van der Waals surface area (Å²) in [5.74, 6) is 0. The topological polar surface area (TPSA) is 199 Å². The number of amides is 2. The zero-order chi connectivity index (χ0) is 27.9. The highest BCUT2D eigenvalue weighted by Gasteiger charge is 2.49. The third-order valence-electron chi connectivity index (χ3n) is 7.20. The average Bonchev–Trinajstić information content (AvgIpc) is 2.89. The molecule has 12 heteroatoms. The summed E-state index contributed by atoms with van der Waals surface area (Å²) in [5, 5.41) is 5.54. The number of carbonyl (C=O) groups excluding carboxylic acids is 2. The first-order valence-electron chi connectivity index (χ1n) is 14.5. The third kappa shape index (κ3) is 10.8. The van der Waals surface area contributed by atoms with Crippen molar-refractivity contribution in [3.05, 3.63) is 0 Å². The number of nitrogens with one attached hydrogen (secondary N) is 2. The number of nitrogens with two attached hydrogens (primary N) is 4. The van der Waals surface area contributed by atoms with Crippen LogP contribution in [0.15, 0.2) is 0 Å². The van der Waals surface area contributed by atoms with Crippen LogP contribution in [0.4, 0.5) is 9.59 Å². The molecule has 0 bridgehead atoms. The van der Waals surface area contributed by atoms with Gasteiger partial charge in [0.1, 0.15) is 6.10 Å². The zero-order valence-corrected chi connectivity index (χ0v) is 23.3. The van der Waals surface area contributed by atoms with Crippen molar-refractivity contribution in [2.45, 2.75) is 133 Å². The molecule has 38 heavy (non-hydrogen) atoms. The number of hydrogen-bond acceptors (Lipinski definition) is 10. The van der Waals surface area contributed by atoms with E-state index >= 15 is 0 Å². The Labute approximate surface area is 227 Å². The predicted molar refractivity (Wildman–Crippen MR) is 145 cm³/mol. The molecular weight excluding hydrogens is 492 g/mol. The van der Waals surface area contributed by atoms with Gasteiger partial charge < -0.3 is 52.5 Å². The fraction of sp³-hybridized carbons (Fsp3) is 0.923. The summed E-state index contributed by atoms with van der Waals surface area (Å²) in [4.78, 5) is 25.4. The van der Waals surface area contributed by atoms with E-state index in [2.05, 4.69) is 24.5 Å². The summed E-state index contributed by atoms with van der Waals surface area (Å²) in [7, 11) is 0. The molecule has 10 N–H and O–H groups in total. The minimum Gasteiger partial charge on any atom is -0.441 e. The van der Waals surface area contributed by atoms with Crippen molar-refractivity contribution in [2.24, 2.45) is 22.9 Å². The first-order chi connectivity index (χ1) is 18.3. The number of hydrogen-bond donors (Lipinski definition) is 6. The maximum Gasteiger partial charge on any atom is 0.407 e. The first kappa shape index (κ1) is 32.5. The minimum atomic E-state index is -1.02. The third-order valence-corrected chi connectivity index (χ3v) is 7.20. The van der Waals surface area contributed by atoms with Crippen LogP contribution in [0.3, 0.4) is 0 Å². The van der Waals surface area contributed by atoms with Gasteiger partial charge in [-0.05, 0) is 32.1 Å². The molecule has 8 atom stereocenters. The Hall–Kier alpha value is -1.70. The van der Waals surface area contributed by atoms with Gasteiger partial charge in [0.15, 0.2) is 18.5 Å². The van der Waals surface area contributed by atoms with E-state index in [1.54, 1.807) is 0 Å². The summed E-state index contributed by atoms with van der Waals surface area (Å²) in [5.41, 5.74) is 24.7. The van der Waals surface area contributed by atoms with Gasteiger partial charge in [-0.25, -0.2) is 9.59 Å². The standard InChI is InChI=1S/C26H52N6O6/c1-3-5-7-9-13-31-25(33)37-23-19(30)15-18(29)22(36-21-12-11-17(28)20(16-27)35-21)24(23)38-26(34)32-14-10-8-6-4-2/h17-24H,3-16,27-30H2,1-2H3,(H,31,33)(H,32,34)/t17-,18-,19+,20+,21+,22+,23-,24-/m0/s1. The van der Waals surface area contributed by atoms with Gasteiger partial charge in [-0.3, -0.25) is 0 Å².